The first-order chi connectivity index (χ1) is 13.8. The zero-order valence-corrected chi connectivity index (χ0v) is 16.6. The van der Waals surface area contributed by atoms with E-state index in [1.54, 1.807) is 0 Å². The Balaban J connectivity index is 1.62. The Hall–Kier alpha value is -2.74. The van der Waals surface area contributed by atoms with Gasteiger partial charge in [-0.2, -0.15) is 0 Å². The third kappa shape index (κ3) is 6.12. The van der Waals surface area contributed by atoms with E-state index in [9.17, 15) is 22.4 Å². The van der Waals surface area contributed by atoms with Crippen molar-refractivity contribution in [2.75, 3.05) is 18.1 Å². The molecule has 0 spiro atoms. The van der Waals surface area contributed by atoms with Gasteiger partial charge >= 0.3 is 5.97 Å². The molecule has 29 heavy (non-hydrogen) atoms. The molecule has 2 aromatic carbocycles. The topological polar surface area (TPSA) is 80.8 Å². The van der Waals surface area contributed by atoms with Crippen LogP contribution in [0.15, 0.2) is 54.6 Å². The number of carbonyl (C=O) groups excluding carboxylic acids is 2. The fraction of sp³-hybridized carbons (Fsp3) is 0.333. The van der Waals surface area contributed by atoms with E-state index in [1.807, 2.05) is 30.3 Å². The van der Waals surface area contributed by atoms with Crippen LogP contribution in [0.5, 0.6) is 0 Å². The average Bonchev–Trinajstić information content (AvgIpc) is 3.06. The van der Waals surface area contributed by atoms with E-state index in [4.69, 9.17) is 4.74 Å². The summed E-state index contributed by atoms with van der Waals surface area (Å²) in [6, 6.07) is 14.2. The molecule has 154 valence electrons. The first kappa shape index (κ1) is 21.0. The lowest BCUT2D eigenvalue weighted by molar-refractivity contribution is -0.152. The fourth-order valence-corrected chi connectivity index (χ4v) is 5.00. The SMILES string of the molecule is O=C(Cc1ccc(F)cc1)OCC(=O)N(Cc1ccccc1)C1CCS(=O)(=O)C1. The van der Waals surface area contributed by atoms with Crippen molar-refractivity contribution in [2.24, 2.45) is 0 Å². The van der Waals surface area contributed by atoms with Crippen LogP contribution in [-0.2, 0) is 37.1 Å². The summed E-state index contributed by atoms with van der Waals surface area (Å²) in [5.74, 6) is -1.50. The molecule has 6 nitrogen and oxygen atoms in total. The molecule has 0 aromatic heterocycles. The van der Waals surface area contributed by atoms with Crippen molar-refractivity contribution in [3.8, 4) is 0 Å². The van der Waals surface area contributed by atoms with Crippen molar-refractivity contribution in [3.63, 3.8) is 0 Å². The molecule has 0 saturated carbocycles. The lowest BCUT2D eigenvalue weighted by atomic mass is 10.1. The minimum Gasteiger partial charge on any atom is -0.455 e. The first-order valence-electron chi connectivity index (χ1n) is 9.26. The van der Waals surface area contributed by atoms with Gasteiger partial charge < -0.3 is 9.64 Å². The lowest BCUT2D eigenvalue weighted by Gasteiger charge is -2.28. The molecular formula is C21H22FNO5S. The highest BCUT2D eigenvalue weighted by atomic mass is 32.2. The van der Waals surface area contributed by atoms with Crippen molar-refractivity contribution < 1.29 is 27.1 Å². The van der Waals surface area contributed by atoms with Gasteiger partial charge in [0.15, 0.2) is 16.4 Å². The van der Waals surface area contributed by atoms with E-state index in [2.05, 4.69) is 0 Å². The Morgan fingerprint density at radius 1 is 1.03 bits per heavy atom. The molecule has 2 aromatic rings. The molecule has 8 heteroatoms. The van der Waals surface area contributed by atoms with E-state index < -0.39 is 40.2 Å². The highest BCUT2D eigenvalue weighted by Gasteiger charge is 2.35. The molecule has 1 amide bonds. The zero-order chi connectivity index (χ0) is 20.9. The third-order valence-electron chi connectivity index (χ3n) is 4.78. The monoisotopic (exact) mass is 419 g/mol. The number of rotatable bonds is 7. The lowest BCUT2D eigenvalue weighted by Crippen LogP contribution is -2.42. The van der Waals surface area contributed by atoms with E-state index in [0.717, 1.165) is 5.56 Å². The van der Waals surface area contributed by atoms with E-state index in [1.165, 1.54) is 29.2 Å². The van der Waals surface area contributed by atoms with Gasteiger partial charge in [0, 0.05) is 12.6 Å². The van der Waals surface area contributed by atoms with Gasteiger partial charge in [0.25, 0.3) is 5.91 Å². The number of ether oxygens (including phenoxy) is 1. The van der Waals surface area contributed by atoms with Crippen LogP contribution in [0.2, 0.25) is 0 Å². The van der Waals surface area contributed by atoms with E-state index in [0.29, 0.717) is 12.0 Å². The van der Waals surface area contributed by atoms with Gasteiger partial charge in [-0.3, -0.25) is 9.59 Å². The second kappa shape index (κ2) is 9.17. The summed E-state index contributed by atoms with van der Waals surface area (Å²) in [6.45, 7) is -0.223. The molecule has 1 atom stereocenters. The van der Waals surface area contributed by atoms with Gasteiger partial charge in [-0.1, -0.05) is 42.5 Å². The summed E-state index contributed by atoms with van der Waals surface area (Å²) in [7, 11) is -3.17. The predicted molar refractivity (Wildman–Crippen MR) is 105 cm³/mol. The zero-order valence-electron chi connectivity index (χ0n) is 15.8. The summed E-state index contributed by atoms with van der Waals surface area (Å²) in [6.07, 6.45) is 0.286. The van der Waals surface area contributed by atoms with Gasteiger partial charge in [0.1, 0.15) is 5.82 Å². The Morgan fingerprint density at radius 2 is 1.72 bits per heavy atom. The van der Waals surface area contributed by atoms with Gasteiger partial charge in [-0.25, -0.2) is 12.8 Å². The normalized spacial score (nSPS) is 17.6. The fourth-order valence-electron chi connectivity index (χ4n) is 3.27. The number of hydrogen-bond donors (Lipinski definition) is 0. The molecule has 0 radical (unpaired) electrons. The van der Waals surface area contributed by atoms with Crippen LogP contribution >= 0.6 is 0 Å². The molecule has 1 aliphatic heterocycles. The smallest absolute Gasteiger partial charge is 0.310 e. The van der Waals surface area contributed by atoms with Crippen LogP contribution < -0.4 is 0 Å². The van der Waals surface area contributed by atoms with Crippen molar-refractivity contribution in [3.05, 3.63) is 71.5 Å². The number of esters is 1. The van der Waals surface area contributed by atoms with Crippen molar-refractivity contribution in [1.29, 1.82) is 0 Å². The highest BCUT2D eigenvalue weighted by Crippen LogP contribution is 2.20. The minimum atomic E-state index is -3.17. The molecule has 1 fully saturated rings. The van der Waals surface area contributed by atoms with Crippen LogP contribution in [0.1, 0.15) is 17.5 Å². The molecule has 3 rings (SSSR count). The number of carbonyl (C=O) groups is 2. The summed E-state index contributed by atoms with van der Waals surface area (Å²) < 4.78 is 41.8. The van der Waals surface area contributed by atoms with E-state index >= 15 is 0 Å². The van der Waals surface area contributed by atoms with Crippen LogP contribution in [0.3, 0.4) is 0 Å². The number of hydrogen-bond acceptors (Lipinski definition) is 5. The molecule has 0 aliphatic carbocycles. The van der Waals surface area contributed by atoms with Crippen LogP contribution in [-0.4, -0.2) is 49.3 Å². The molecule has 0 N–H and O–H groups in total. The third-order valence-corrected chi connectivity index (χ3v) is 6.53. The number of sulfone groups is 1. The number of halogens is 1. The molecule has 1 aliphatic rings. The minimum absolute atomic E-state index is 0.0423. The Kier molecular flexibility index (Phi) is 6.64. The number of amides is 1. The molecule has 0 bridgehead atoms. The molecule has 1 unspecified atom stereocenters. The Morgan fingerprint density at radius 3 is 2.34 bits per heavy atom. The Labute approximate surface area is 169 Å². The average molecular weight is 419 g/mol. The van der Waals surface area contributed by atoms with Crippen LogP contribution in [0, 0.1) is 5.82 Å². The van der Waals surface area contributed by atoms with Gasteiger partial charge in [-0.05, 0) is 29.7 Å². The van der Waals surface area contributed by atoms with Gasteiger partial charge in [0.05, 0.1) is 17.9 Å². The van der Waals surface area contributed by atoms with Crippen molar-refractivity contribution >= 4 is 21.7 Å². The second-order valence-electron chi connectivity index (χ2n) is 7.03. The molecule has 1 heterocycles. The molecule has 1 saturated heterocycles. The van der Waals surface area contributed by atoms with Crippen LogP contribution in [0.4, 0.5) is 4.39 Å². The summed E-state index contributed by atoms with van der Waals surface area (Å²) in [4.78, 5) is 26.3. The standard InChI is InChI=1S/C21H22FNO5S/c22-18-8-6-16(7-9-18)12-21(25)28-14-20(24)23(13-17-4-2-1-3-5-17)19-10-11-29(26,27)15-19/h1-9,19H,10-15H2. The summed E-state index contributed by atoms with van der Waals surface area (Å²) in [5.41, 5.74) is 1.44. The van der Waals surface area contributed by atoms with E-state index in [-0.39, 0.29) is 24.5 Å². The number of benzene rings is 2. The Bertz CT molecular complexity index is 960. The van der Waals surface area contributed by atoms with Crippen molar-refractivity contribution in [1.82, 2.24) is 4.90 Å². The first-order valence-corrected chi connectivity index (χ1v) is 11.1. The quantitative estimate of drug-likeness (QED) is 0.643. The maximum Gasteiger partial charge on any atom is 0.310 e. The van der Waals surface area contributed by atoms with Gasteiger partial charge in [-0.15, -0.1) is 0 Å². The van der Waals surface area contributed by atoms with Crippen LogP contribution in [0.25, 0.3) is 0 Å². The maximum absolute atomic E-state index is 12.9. The number of nitrogens with zero attached hydrogens (tertiary/aromatic N) is 1. The van der Waals surface area contributed by atoms with Crippen molar-refractivity contribution in [2.45, 2.75) is 25.4 Å². The second-order valence-corrected chi connectivity index (χ2v) is 9.26. The predicted octanol–water partition coefficient (Wildman–Crippen LogP) is 2.13. The highest BCUT2D eigenvalue weighted by molar-refractivity contribution is 7.91. The van der Waals surface area contributed by atoms with Gasteiger partial charge in [0.2, 0.25) is 0 Å². The summed E-state index contributed by atoms with van der Waals surface area (Å²) >= 11 is 0. The summed E-state index contributed by atoms with van der Waals surface area (Å²) in [5, 5.41) is 0. The molecular weight excluding hydrogens is 397 g/mol. The largest absolute Gasteiger partial charge is 0.455 e. The maximum atomic E-state index is 12.9.